The molecule has 0 heterocycles. The maximum Gasteiger partial charge on any atom is 0.123 e. The molecule has 104 valence electrons. The lowest BCUT2D eigenvalue weighted by molar-refractivity contribution is -0.0154. The normalized spacial score (nSPS) is 33.6. The Hall–Kier alpha value is -0.930. The van der Waals surface area contributed by atoms with Crippen LogP contribution in [0.3, 0.4) is 0 Å². The molecule has 1 aromatic carbocycles. The van der Waals surface area contributed by atoms with E-state index in [-0.39, 0.29) is 5.82 Å². The van der Waals surface area contributed by atoms with E-state index in [0.29, 0.717) is 24.1 Å². The molecular formula is C16H22FNO. The van der Waals surface area contributed by atoms with Crippen LogP contribution in [-0.2, 0) is 4.74 Å². The molecule has 19 heavy (non-hydrogen) atoms. The van der Waals surface area contributed by atoms with Crippen LogP contribution in [-0.4, -0.2) is 24.8 Å². The minimum Gasteiger partial charge on any atom is -0.378 e. The van der Waals surface area contributed by atoms with Gasteiger partial charge in [0.15, 0.2) is 0 Å². The first-order valence-electron chi connectivity index (χ1n) is 7.37. The van der Waals surface area contributed by atoms with E-state index in [1.165, 1.54) is 18.4 Å². The van der Waals surface area contributed by atoms with Crippen molar-refractivity contribution in [1.29, 1.82) is 0 Å². The first kappa shape index (κ1) is 13.1. The maximum absolute atomic E-state index is 12.8. The Labute approximate surface area is 114 Å². The van der Waals surface area contributed by atoms with Gasteiger partial charge < -0.3 is 10.1 Å². The summed E-state index contributed by atoms with van der Waals surface area (Å²) in [6, 6.07) is 8.26. The highest BCUT2D eigenvalue weighted by Crippen LogP contribution is 2.38. The zero-order valence-electron chi connectivity index (χ0n) is 11.4. The Kier molecular flexibility index (Phi) is 3.85. The molecular weight excluding hydrogens is 241 g/mol. The largest absolute Gasteiger partial charge is 0.378 e. The number of nitrogens with one attached hydrogen (secondary N) is 1. The van der Waals surface area contributed by atoms with Gasteiger partial charge in [-0.1, -0.05) is 12.1 Å². The second kappa shape index (κ2) is 5.59. The van der Waals surface area contributed by atoms with E-state index >= 15 is 0 Å². The molecule has 2 saturated carbocycles. The van der Waals surface area contributed by atoms with Crippen molar-refractivity contribution in [1.82, 2.24) is 5.32 Å². The zero-order valence-corrected chi connectivity index (χ0v) is 11.4. The lowest BCUT2D eigenvalue weighted by atomic mass is 9.74. The molecule has 0 saturated heterocycles. The third-order valence-corrected chi connectivity index (χ3v) is 4.45. The van der Waals surface area contributed by atoms with E-state index in [1.54, 1.807) is 12.1 Å². The highest BCUT2D eigenvalue weighted by Gasteiger charge is 2.36. The monoisotopic (exact) mass is 263 g/mol. The average Bonchev–Trinajstić information content (AvgIpc) is 2.31. The van der Waals surface area contributed by atoms with Crippen LogP contribution in [0, 0.1) is 5.82 Å². The first-order chi connectivity index (χ1) is 9.24. The van der Waals surface area contributed by atoms with Crippen LogP contribution in [0.25, 0.3) is 0 Å². The molecule has 1 aromatic rings. The first-order valence-corrected chi connectivity index (χ1v) is 7.37. The minimum absolute atomic E-state index is 0.144. The molecule has 2 fully saturated rings. The van der Waals surface area contributed by atoms with E-state index in [4.69, 9.17) is 4.74 Å². The van der Waals surface area contributed by atoms with E-state index in [9.17, 15) is 4.39 Å². The lowest BCUT2D eigenvalue weighted by Gasteiger charge is -2.43. The molecule has 0 radical (unpaired) electrons. The van der Waals surface area contributed by atoms with Crippen molar-refractivity contribution in [2.24, 2.45) is 0 Å². The Balaban J connectivity index is 1.38. The highest BCUT2D eigenvalue weighted by molar-refractivity contribution is 5.23. The van der Waals surface area contributed by atoms with Gasteiger partial charge in [-0.25, -0.2) is 4.39 Å². The second-order valence-corrected chi connectivity index (χ2v) is 5.83. The van der Waals surface area contributed by atoms with Crippen LogP contribution >= 0.6 is 0 Å². The Morgan fingerprint density at radius 2 is 1.74 bits per heavy atom. The van der Waals surface area contributed by atoms with Gasteiger partial charge in [-0.3, -0.25) is 0 Å². The number of hydrogen-bond acceptors (Lipinski definition) is 2. The van der Waals surface area contributed by atoms with Crippen LogP contribution in [0.1, 0.15) is 44.1 Å². The summed E-state index contributed by atoms with van der Waals surface area (Å²) >= 11 is 0. The van der Waals surface area contributed by atoms with Crippen molar-refractivity contribution in [2.45, 2.75) is 56.7 Å². The topological polar surface area (TPSA) is 21.3 Å². The van der Waals surface area contributed by atoms with Gasteiger partial charge in [0.25, 0.3) is 0 Å². The summed E-state index contributed by atoms with van der Waals surface area (Å²) in [4.78, 5) is 0. The van der Waals surface area contributed by atoms with Crippen molar-refractivity contribution in [2.75, 3.05) is 6.61 Å². The number of rotatable bonds is 5. The summed E-state index contributed by atoms with van der Waals surface area (Å²) in [5, 5.41) is 3.70. The quantitative estimate of drug-likeness (QED) is 0.880. The summed E-state index contributed by atoms with van der Waals surface area (Å²) in [6.45, 7) is 2.88. The molecule has 0 aliphatic heterocycles. The predicted octanol–water partition coefficient (Wildman–Crippen LogP) is 3.23. The minimum atomic E-state index is -0.144. The molecule has 3 rings (SSSR count). The molecule has 0 bridgehead atoms. The summed E-state index contributed by atoms with van der Waals surface area (Å²) in [5.74, 6) is 0.468. The molecule has 0 atom stereocenters. The number of halogens is 1. The summed E-state index contributed by atoms with van der Waals surface area (Å²) in [5.41, 5.74) is 1.28. The van der Waals surface area contributed by atoms with Gasteiger partial charge in [0, 0.05) is 18.7 Å². The van der Waals surface area contributed by atoms with Gasteiger partial charge in [0.1, 0.15) is 5.82 Å². The fraction of sp³-hybridized carbons (Fsp3) is 0.625. The summed E-state index contributed by atoms with van der Waals surface area (Å²) in [7, 11) is 0. The maximum atomic E-state index is 12.8. The molecule has 0 aromatic heterocycles. The van der Waals surface area contributed by atoms with Crippen molar-refractivity contribution in [3.8, 4) is 0 Å². The van der Waals surface area contributed by atoms with Crippen molar-refractivity contribution in [3.63, 3.8) is 0 Å². The van der Waals surface area contributed by atoms with Gasteiger partial charge >= 0.3 is 0 Å². The van der Waals surface area contributed by atoms with E-state index < -0.39 is 0 Å². The molecule has 3 heteroatoms. The fourth-order valence-corrected chi connectivity index (χ4v) is 3.17. The smallest absolute Gasteiger partial charge is 0.123 e. The van der Waals surface area contributed by atoms with Crippen LogP contribution in [0.5, 0.6) is 0 Å². The Morgan fingerprint density at radius 3 is 2.37 bits per heavy atom. The van der Waals surface area contributed by atoms with E-state index in [2.05, 4.69) is 12.2 Å². The lowest BCUT2D eigenvalue weighted by Crippen LogP contribution is -2.52. The van der Waals surface area contributed by atoms with E-state index in [0.717, 1.165) is 19.4 Å². The fourth-order valence-electron chi connectivity index (χ4n) is 3.17. The molecule has 2 aliphatic carbocycles. The third-order valence-electron chi connectivity index (χ3n) is 4.45. The van der Waals surface area contributed by atoms with Gasteiger partial charge in [-0.2, -0.15) is 0 Å². The highest BCUT2D eigenvalue weighted by atomic mass is 19.1. The van der Waals surface area contributed by atoms with Crippen LogP contribution in [0.15, 0.2) is 24.3 Å². The van der Waals surface area contributed by atoms with Crippen LogP contribution in [0.2, 0.25) is 0 Å². The Bertz CT molecular complexity index is 407. The zero-order chi connectivity index (χ0) is 13.2. The summed E-state index contributed by atoms with van der Waals surface area (Å²) in [6.07, 6.45) is 5.16. The molecule has 0 spiro atoms. The Morgan fingerprint density at radius 1 is 1.11 bits per heavy atom. The average molecular weight is 263 g/mol. The van der Waals surface area contributed by atoms with Crippen LogP contribution in [0.4, 0.5) is 4.39 Å². The van der Waals surface area contributed by atoms with Gasteiger partial charge in [0.2, 0.25) is 0 Å². The number of ether oxygens (including phenoxy) is 1. The van der Waals surface area contributed by atoms with Gasteiger partial charge in [-0.15, -0.1) is 0 Å². The predicted molar refractivity (Wildman–Crippen MR) is 73.7 cm³/mol. The van der Waals surface area contributed by atoms with Crippen LogP contribution < -0.4 is 5.32 Å². The molecule has 1 N–H and O–H groups in total. The van der Waals surface area contributed by atoms with Gasteiger partial charge in [-0.05, 0) is 56.2 Å². The van der Waals surface area contributed by atoms with Gasteiger partial charge in [0.05, 0.1) is 6.10 Å². The molecule has 0 amide bonds. The number of hydrogen-bond donors (Lipinski definition) is 1. The van der Waals surface area contributed by atoms with Crippen molar-refractivity contribution < 1.29 is 9.13 Å². The molecule has 2 nitrogen and oxygen atoms in total. The molecule has 0 unspecified atom stereocenters. The standard InChI is InChI=1S/C16H22FNO/c1-2-19-16-9-15(10-16)18-14-7-12(8-14)11-3-5-13(17)6-4-11/h3-6,12,14-16,18H,2,7-10H2,1H3. The third kappa shape index (κ3) is 2.98. The number of benzene rings is 1. The second-order valence-electron chi connectivity index (χ2n) is 5.83. The summed E-state index contributed by atoms with van der Waals surface area (Å²) < 4.78 is 18.4. The molecule has 2 aliphatic rings. The van der Waals surface area contributed by atoms with Crippen molar-refractivity contribution >= 4 is 0 Å². The van der Waals surface area contributed by atoms with Crippen molar-refractivity contribution in [3.05, 3.63) is 35.6 Å². The SMILES string of the molecule is CCOC1CC(NC2CC(c3ccc(F)cc3)C2)C1. The van der Waals surface area contributed by atoms with E-state index in [1.807, 2.05) is 12.1 Å².